The summed E-state index contributed by atoms with van der Waals surface area (Å²) in [5, 5.41) is 0. The first-order chi connectivity index (χ1) is 8.04. The molecule has 1 aliphatic rings. The third kappa shape index (κ3) is 5.17. The van der Waals surface area contributed by atoms with Crippen LogP contribution in [0.1, 0.15) is 33.6 Å². The van der Waals surface area contributed by atoms with E-state index in [0.717, 1.165) is 12.8 Å². The number of nitrogens with zero attached hydrogens (tertiary/aromatic N) is 1. The van der Waals surface area contributed by atoms with E-state index < -0.39 is 0 Å². The molecule has 0 radical (unpaired) electrons. The maximum Gasteiger partial charge on any atom is 0.325 e. The summed E-state index contributed by atoms with van der Waals surface area (Å²) >= 11 is 0. The Morgan fingerprint density at radius 1 is 1.35 bits per heavy atom. The van der Waals surface area contributed by atoms with Gasteiger partial charge in [0.1, 0.15) is 13.2 Å². The highest BCUT2D eigenvalue weighted by Gasteiger charge is 2.34. The predicted octanol–water partition coefficient (Wildman–Crippen LogP) is 0.965. The van der Waals surface area contributed by atoms with Crippen molar-refractivity contribution in [3.8, 4) is 0 Å². The van der Waals surface area contributed by atoms with Crippen LogP contribution < -0.4 is 0 Å². The monoisotopic (exact) mass is 243 g/mol. The number of ether oxygens (including phenoxy) is 2. The van der Waals surface area contributed by atoms with Gasteiger partial charge in [-0.05, 0) is 33.6 Å². The molecule has 0 bridgehead atoms. The maximum absolute atomic E-state index is 11.9. The minimum Gasteiger partial charge on any atom is -0.465 e. The third-order valence-corrected chi connectivity index (χ3v) is 2.45. The molecule has 1 aliphatic carbocycles. The average Bonchev–Trinajstić information content (AvgIpc) is 3.06. The van der Waals surface area contributed by atoms with Crippen LogP contribution in [-0.2, 0) is 19.1 Å². The lowest BCUT2D eigenvalue weighted by Crippen LogP contribution is -2.40. The van der Waals surface area contributed by atoms with Crippen molar-refractivity contribution in [1.82, 2.24) is 4.90 Å². The Labute approximate surface area is 102 Å². The maximum atomic E-state index is 11.9. The number of carbonyl (C=O) groups excluding carboxylic acids is 2. The zero-order chi connectivity index (χ0) is 12.8. The zero-order valence-electron chi connectivity index (χ0n) is 10.8. The molecule has 0 heterocycles. The van der Waals surface area contributed by atoms with E-state index in [1.165, 1.54) is 0 Å². The first-order valence-electron chi connectivity index (χ1n) is 6.11. The third-order valence-electron chi connectivity index (χ3n) is 2.45. The summed E-state index contributed by atoms with van der Waals surface area (Å²) < 4.78 is 10.1. The van der Waals surface area contributed by atoms with Gasteiger partial charge in [-0.3, -0.25) is 9.59 Å². The molecule has 98 valence electrons. The van der Waals surface area contributed by atoms with Crippen LogP contribution in [0.2, 0.25) is 0 Å². The molecular weight excluding hydrogens is 222 g/mol. The second-order valence-electron chi connectivity index (χ2n) is 4.42. The molecule has 0 aromatic heterocycles. The minimum absolute atomic E-state index is 0.0163. The molecule has 17 heavy (non-hydrogen) atoms. The van der Waals surface area contributed by atoms with Gasteiger partial charge in [0.25, 0.3) is 0 Å². The number of esters is 1. The van der Waals surface area contributed by atoms with Crippen LogP contribution in [0.4, 0.5) is 0 Å². The SMILES string of the molecule is CCOC(=O)CN(C(=O)COC(C)C)C1CC1. The van der Waals surface area contributed by atoms with E-state index >= 15 is 0 Å². The molecule has 1 saturated carbocycles. The molecule has 0 aromatic rings. The molecule has 0 N–H and O–H groups in total. The van der Waals surface area contributed by atoms with Gasteiger partial charge in [-0.25, -0.2) is 0 Å². The topological polar surface area (TPSA) is 55.8 Å². The molecule has 0 atom stereocenters. The molecule has 0 unspecified atom stereocenters. The number of carbonyl (C=O) groups is 2. The lowest BCUT2D eigenvalue weighted by atomic mass is 10.4. The van der Waals surface area contributed by atoms with E-state index in [0.29, 0.717) is 6.61 Å². The standard InChI is InChI=1S/C12H21NO4/c1-4-16-12(15)7-13(10-5-6-10)11(14)8-17-9(2)3/h9-10H,4-8H2,1-3H3. The predicted molar refractivity (Wildman–Crippen MR) is 62.5 cm³/mol. The summed E-state index contributed by atoms with van der Waals surface area (Å²) in [7, 11) is 0. The average molecular weight is 243 g/mol. The Kier molecular flexibility index (Phi) is 5.41. The van der Waals surface area contributed by atoms with Crippen molar-refractivity contribution < 1.29 is 19.1 Å². The number of hydrogen-bond donors (Lipinski definition) is 0. The molecule has 1 fully saturated rings. The van der Waals surface area contributed by atoms with Crippen LogP contribution >= 0.6 is 0 Å². The Morgan fingerprint density at radius 2 is 2.00 bits per heavy atom. The quantitative estimate of drug-likeness (QED) is 0.625. The van der Waals surface area contributed by atoms with Crippen molar-refractivity contribution in [2.24, 2.45) is 0 Å². The summed E-state index contributed by atoms with van der Waals surface area (Å²) in [5.74, 6) is -0.480. The van der Waals surface area contributed by atoms with E-state index in [1.807, 2.05) is 13.8 Å². The normalized spacial score (nSPS) is 14.8. The second-order valence-corrected chi connectivity index (χ2v) is 4.42. The highest BCUT2D eigenvalue weighted by Crippen LogP contribution is 2.26. The van der Waals surface area contributed by atoms with Crippen LogP contribution in [-0.4, -0.2) is 48.7 Å². The van der Waals surface area contributed by atoms with Crippen molar-refractivity contribution in [3.05, 3.63) is 0 Å². The van der Waals surface area contributed by atoms with E-state index in [4.69, 9.17) is 9.47 Å². The van der Waals surface area contributed by atoms with E-state index in [9.17, 15) is 9.59 Å². The molecule has 0 saturated heterocycles. The van der Waals surface area contributed by atoms with Gasteiger partial charge >= 0.3 is 5.97 Å². The Bertz CT molecular complexity index is 274. The highest BCUT2D eigenvalue weighted by atomic mass is 16.5. The summed E-state index contributed by atoms with van der Waals surface area (Å²) in [6, 6.07) is 0.197. The van der Waals surface area contributed by atoms with Crippen molar-refractivity contribution in [2.75, 3.05) is 19.8 Å². The van der Waals surface area contributed by atoms with Gasteiger partial charge in [0, 0.05) is 6.04 Å². The van der Waals surface area contributed by atoms with Gasteiger partial charge in [-0.2, -0.15) is 0 Å². The first-order valence-corrected chi connectivity index (χ1v) is 6.11. The molecule has 5 heteroatoms. The van der Waals surface area contributed by atoms with Crippen LogP contribution in [0.5, 0.6) is 0 Å². The van der Waals surface area contributed by atoms with E-state index in [1.54, 1.807) is 11.8 Å². The van der Waals surface area contributed by atoms with E-state index in [2.05, 4.69) is 0 Å². The molecule has 0 aliphatic heterocycles. The van der Waals surface area contributed by atoms with Gasteiger partial charge in [-0.1, -0.05) is 0 Å². The lowest BCUT2D eigenvalue weighted by Gasteiger charge is -2.21. The Hall–Kier alpha value is -1.10. The number of hydrogen-bond acceptors (Lipinski definition) is 4. The van der Waals surface area contributed by atoms with Crippen molar-refractivity contribution >= 4 is 11.9 Å². The largest absolute Gasteiger partial charge is 0.465 e. The zero-order valence-corrected chi connectivity index (χ0v) is 10.8. The molecule has 0 aromatic carbocycles. The molecule has 5 nitrogen and oxygen atoms in total. The second kappa shape index (κ2) is 6.59. The summed E-state index contributed by atoms with van der Waals surface area (Å²) in [5.41, 5.74) is 0. The fourth-order valence-electron chi connectivity index (χ4n) is 1.47. The van der Waals surface area contributed by atoms with E-state index in [-0.39, 0.29) is 37.2 Å². The number of rotatable bonds is 7. The summed E-state index contributed by atoms with van der Waals surface area (Å²) in [6.45, 7) is 5.92. The van der Waals surface area contributed by atoms with Gasteiger partial charge in [0.05, 0.1) is 12.7 Å². The van der Waals surface area contributed by atoms with Gasteiger partial charge in [0.15, 0.2) is 0 Å². The number of amides is 1. The highest BCUT2D eigenvalue weighted by molar-refractivity contribution is 5.83. The summed E-state index contributed by atoms with van der Waals surface area (Å²) in [6.07, 6.45) is 1.95. The fourth-order valence-corrected chi connectivity index (χ4v) is 1.47. The fraction of sp³-hybridized carbons (Fsp3) is 0.833. The van der Waals surface area contributed by atoms with Crippen molar-refractivity contribution in [3.63, 3.8) is 0 Å². The van der Waals surface area contributed by atoms with Crippen molar-refractivity contribution in [2.45, 2.75) is 45.8 Å². The van der Waals surface area contributed by atoms with Crippen LogP contribution in [0.3, 0.4) is 0 Å². The minimum atomic E-state index is -0.350. The lowest BCUT2D eigenvalue weighted by molar-refractivity contribution is -0.151. The Morgan fingerprint density at radius 3 is 2.47 bits per heavy atom. The van der Waals surface area contributed by atoms with Crippen LogP contribution in [0, 0.1) is 0 Å². The summed E-state index contributed by atoms with van der Waals surface area (Å²) in [4.78, 5) is 24.8. The Balaban J connectivity index is 2.42. The molecule has 1 amide bonds. The van der Waals surface area contributed by atoms with Crippen molar-refractivity contribution in [1.29, 1.82) is 0 Å². The van der Waals surface area contributed by atoms with Gasteiger partial charge < -0.3 is 14.4 Å². The molecule has 1 rings (SSSR count). The van der Waals surface area contributed by atoms with Gasteiger partial charge in [0.2, 0.25) is 5.91 Å². The smallest absolute Gasteiger partial charge is 0.325 e. The first kappa shape index (κ1) is 14.0. The van der Waals surface area contributed by atoms with Crippen LogP contribution in [0.15, 0.2) is 0 Å². The van der Waals surface area contributed by atoms with Crippen LogP contribution in [0.25, 0.3) is 0 Å². The molecule has 0 spiro atoms. The van der Waals surface area contributed by atoms with Gasteiger partial charge in [-0.15, -0.1) is 0 Å². The molecular formula is C12H21NO4.